The molecular formula is C14H17N2O2+. The van der Waals surface area contributed by atoms with Gasteiger partial charge in [0.25, 0.3) is 5.84 Å². The lowest BCUT2D eigenvalue weighted by Crippen LogP contribution is -2.42. The Morgan fingerprint density at radius 2 is 1.94 bits per heavy atom. The highest BCUT2D eigenvalue weighted by atomic mass is 16.7. The SMILES string of the molecule is O=C(ON1CCC[N+]2=C1CCC2)c1ccccc1. The van der Waals surface area contributed by atoms with E-state index in [0.29, 0.717) is 5.56 Å². The van der Waals surface area contributed by atoms with Gasteiger partial charge in [0.15, 0.2) is 0 Å². The van der Waals surface area contributed by atoms with Crippen molar-refractivity contribution in [3.8, 4) is 0 Å². The van der Waals surface area contributed by atoms with E-state index in [4.69, 9.17) is 4.84 Å². The molecule has 2 aliphatic heterocycles. The zero-order valence-corrected chi connectivity index (χ0v) is 10.3. The average Bonchev–Trinajstić information content (AvgIpc) is 2.89. The van der Waals surface area contributed by atoms with Gasteiger partial charge in [0, 0.05) is 6.42 Å². The third-order valence-electron chi connectivity index (χ3n) is 3.47. The number of benzene rings is 1. The van der Waals surface area contributed by atoms with E-state index >= 15 is 0 Å². The van der Waals surface area contributed by atoms with Gasteiger partial charge >= 0.3 is 5.97 Å². The molecule has 1 aromatic rings. The summed E-state index contributed by atoms with van der Waals surface area (Å²) in [5.41, 5.74) is 0.605. The Labute approximate surface area is 106 Å². The van der Waals surface area contributed by atoms with E-state index in [2.05, 4.69) is 4.58 Å². The Kier molecular flexibility index (Phi) is 3.00. The summed E-state index contributed by atoms with van der Waals surface area (Å²) in [6.07, 6.45) is 3.22. The molecule has 2 heterocycles. The number of hydroxylamine groups is 2. The highest BCUT2D eigenvalue weighted by molar-refractivity contribution is 5.90. The minimum Gasteiger partial charge on any atom is -0.263 e. The van der Waals surface area contributed by atoms with E-state index in [9.17, 15) is 4.79 Å². The van der Waals surface area contributed by atoms with Crippen LogP contribution in [0.4, 0.5) is 0 Å². The predicted octanol–water partition coefficient (Wildman–Crippen LogP) is 1.67. The normalized spacial score (nSPS) is 18.8. The molecular weight excluding hydrogens is 228 g/mol. The number of hydrogen-bond acceptors (Lipinski definition) is 3. The van der Waals surface area contributed by atoms with Crippen LogP contribution in [-0.4, -0.2) is 41.1 Å². The van der Waals surface area contributed by atoms with Crippen LogP contribution in [0.15, 0.2) is 30.3 Å². The van der Waals surface area contributed by atoms with Crippen LogP contribution in [0.25, 0.3) is 0 Å². The molecule has 0 N–H and O–H groups in total. The number of rotatable bonds is 2. The summed E-state index contributed by atoms with van der Waals surface area (Å²) < 4.78 is 2.32. The van der Waals surface area contributed by atoms with Crippen LogP contribution in [0.5, 0.6) is 0 Å². The molecule has 0 radical (unpaired) electrons. The van der Waals surface area contributed by atoms with Gasteiger partial charge in [-0.05, 0) is 18.6 Å². The molecule has 94 valence electrons. The number of amidine groups is 1. The fraction of sp³-hybridized carbons (Fsp3) is 0.429. The molecule has 4 nitrogen and oxygen atoms in total. The van der Waals surface area contributed by atoms with Crippen molar-refractivity contribution in [1.82, 2.24) is 5.06 Å². The van der Waals surface area contributed by atoms with Crippen LogP contribution in [0.3, 0.4) is 0 Å². The molecule has 18 heavy (non-hydrogen) atoms. The van der Waals surface area contributed by atoms with E-state index in [1.807, 2.05) is 18.2 Å². The molecule has 0 aliphatic carbocycles. The quantitative estimate of drug-likeness (QED) is 0.743. The van der Waals surface area contributed by atoms with Crippen molar-refractivity contribution in [1.29, 1.82) is 0 Å². The summed E-state index contributed by atoms with van der Waals surface area (Å²) in [5, 5.41) is 1.78. The zero-order valence-electron chi connectivity index (χ0n) is 10.3. The third kappa shape index (κ3) is 2.10. The van der Waals surface area contributed by atoms with Gasteiger partial charge in [-0.2, -0.15) is 0 Å². The first-order valence-electron chi connectivity index (χ1n) is 6.50. The second kappa shape index (κ2) is 4.80. The minimum absolute atomic E-state index is 0.267. The van der Waals surface area contributed by atoms with Crippen molar-refractivity contribution in [3.63, 3.8) is 0 Å². The summed E-state index contributed by atoms with van der Waals surface area (Å²) in [4.78, 5) is 17.5. The number of hydrogen-bond donors (Lipinski definition) is 0. The molecule has 1 aromatic carbocycles. The van der Waals surface area contributed by atoms with E-state index in [1.54, 1.807) is 17.2 Å². The average molecular weight is 245 g/mol. The van der Waals surface area contributed by atoms with Gasteiger partial charge in [-0.1, -0.05) is 23.3 Å². The maximum Gasteiger partial charge on any atom is 0.388 e. The highest BCUT2D eigenvalue weighted by Crippen LogP contribution is 2.16. The predicted molar refractivity (Wildman–Crippen MR) is 67.4 cm³/mol. The summed E-state index contributed by atoms with van der Waals surface area (Å²) >= 11 is 0. The lowest BCUT2D eigenvalue weighted by Gasteiger charge is -2.20. The topological polar surface area (TPSA) is 32.5 Å². The first-order valence-corrected chi connectivity index (χ1v) is 6.50. The monoisotopic (exact) mass is 245 g/mol. The lowest BCUT2D eigenvalue weighted by molar-refractivity contribution is -0.534. The number of nitrogens with zero attached hydrogens (tertiary/aromatic N) is 2. The molecule has 0 amide bonds. The minimum atomic E-state index is -0.267. The molecule has 0 atom stereocenters. The van der Waals surface area contributed by atoms with Crippen LogP contribution in [0.2, 0.25) is 0 Å². The van der Waals surface area contributed by atoms with Crippen LogP contribution < -0.4 is 0 Å². The zero-order chi connectivity index (χ0) is 12.4. The van der Waals surface area contributed by atoms with Gasteiger partial charge in [0.2, 0.25) is 0 Å². The number of carbonyl (C=O) groups excluding carboxylic acids is 1. The van der Waals surface area contributed by atoms with Gasteiger partial charge in [-0.25, -0.2) is 4.79 Å². The van der Waals surface area contributed by atoms with E-state index in [-0.39, 0.29) is 5.97 Å². The highest BCUT2D eigenvalue weighted by Gasteiger charge is 2.34. The van der Waals surface area contributed by atoms with Crippen molar-refractivity contribution in [3.05, 3.63) is 35.9 Å². The van der Waals surface area contributed by atoms with Gasteiger partial charge in [0.05, 0.1) is 25.1 Å². The molecule has 0 fully saturated rings. The second-order valence-corrected chi connectivity index (χ2v) is 4.71. The smallest absolute Gasteiger partial charge is 0.263 e. The molecule has 0 unspecified atom stereocenters. The second-order valence-electron chi connectivity index (χ2n) is 4.71. The lowest BCUT2D eigenvalue weighted by atomic mass is 10.2. The van der Waals surface area contributed by atoms with Crippen LogP contribution in [0, 0.1) is 0 Å². The molecule has 4 heteroatoms. The molecule has 0 saturated heterocycles. The van der Waals surface area contributed by atoms with Crippen molar-refractivity contribution in [2.45, 2.75) is 19.3 Å². The van der Waals surface area contributed by atoms with Crippen molar-refractivity contribution in [2.75, 3.05) is 19.6 Å². The van der Waals surface area contributed by atoms with E-state index < -0.39 is 0 Å². The fourth-order valence-electron chi connectivity index (χ4n) is 2.60. The standard InChI is InChI=1S/C14H17N2O2/c17-14(12-6-2-1-3-7-12)18-16-11-5-10-15-9-4-8-13(15)16/h1-3,6-7H,4-5,8-11H2/q+1. The van der Waals surface area contributed by atoms with Crippen molar-refractivity contribution < 1.29 is 14.2 Å². The molecule has 0 spiro atoms. The molecule has 2 aliphatic rings. The van der Waals surface area contributed by atoms with Crippen LogP contribution in [0.1, 0.15) is 29.6 Å². The maximum atomic E-state index is 12.0. The summed E-state index contributed by atoms with van der Waals surface area (Å²) in [6, 6.07) is 9.15. The van der Waals surface area contributed by atoms with Gasteiger partial charge in [-0.3, -0.25) is 9.41 Å². The Morgan fingerprint density at radius 3 is 2.78 bits per heavy atom. The molecule has 0 aromatic heterocycles. The number of carbonyl (C=O) groups is 1. The van der Waals surface area contributed by atoms with E-state index in [1.165, 1.54) is 5.84 Å². The van der Waals surface area contributed by atoms with Crippen molar-refractivity contribution in [2.24, 2.45) is 0 Å². The summed E-state index contributed by atoms with van der Waals surface area (Å²) in [6.45, 7) is 2.99. The summed E-state index contributed by atoms with van der Waals surface area (Å²) in [5.74, 6) is 0.905. The first kappa shape index (κ1) is 11.3. The Hall–Kier alpha value is -1.84. The van der Waals surface area contributed by atoms with Crippen LogP contribution in [-0.2, 0) is 4.84 Å². The Bertz CT molecular complexity index is 482. The molecule has 0 bridgehead atoms. The fourth-order valence-corrected chi connectivity index (χ4v) is 2.60. The Morgan fingerprint density at radius 1 is 1.17 bits per heavy atom. The van der Waals surface area contributed by atoms with Gasteiger partial charge in [-0.15, -0.1) is 0 Å². The van der Waals surface area contributed by atoms with Crippen molar-refractivity contribution >= 4 is 11.8 Å². The van der Waals surface area contributed by atoms with E-state index in [0.717, 1.165) is 38.9 Å². The largest absolute Gasteiger partial charge is 0.388 e. The van der Waals surface area contributed by atoms with Gasteiger partial charge in [0.1, 0.15) is 6.54 Å². The Balaban J connectivity index is 1.73. The summed E-state index contributed by atoms with van der Waals surface area (Å²) in [7, 11) is 0. The maximum absolute atomic E-state index is 12.0. The first-order chi connectivity index (χ1) is 8.84. The van der Waals surface area contributed by atoms with Gasteiger partial charge < -0.3 is 0 Å². The van der Waals surface area contributed by atoms with Crippen LogP contribution >= 0.6 is 0 Å². The third-order valence-corrected chi connectivity index (χ3v) is 3.47. The molecule has 3 rings (SSSR count). The molecule has 0 saturated carbocycles.